The normalized spacial score (nSPS) is 14.9. The Hall–Kier alpha value is -1.54. The van der Waals surface area contributed by atoms with Crippen molar-refractivity contribution in [2.75, 3.05) is 6.61 Å². The second-order valence-electron chi connectivity index (χ2n) is 5.00. The Kier molecular flexibility index (Phi) is 3.20. The Labute approximate surface area is 107 Å². The predicted octanol–water partition coefficient (Wildman–Crippen LogP) is 3.51. The SMILES string of the molecule is OCc1c(OCCC2CC2)ccc2ccccc12. The van der Waals surface area contributed by atoms with Gasteiger partial charge in [-0.2, -0.15) is 0 Å². The van der Waals surface area contributed by atoms with Gasteiger partial charge in [-0.3, -0.25) is 0 Å². The van der Waals surface area contributed by atoms with Gasteiger partial charge in [0.25, 0.3) is 0 Å². The monoisotopic (exact) mass is 242 g/mol. The molecule has 0 spiro atoms. The summed E-state index contributed by atoms with van der Waals surface area (Å²) in [5, 5.41) is 11.8. The van der Waals surface area contributed by atoms with E-state index >= 15 is 0 Å². The van der Waals surface area contributed by atoms with Crippen LogP contribution in [-0.4, -0.2) is 11.7 Å². The lowest BCUT2D eigenvalue weighted by atomic mass is 10.0. The summed E-state index contributed by atoms with van der Waals surface area (Å²) in [6.07, 6.45) is 3.85. The summed E-state index contributed by atoms with van der Waals surface area (Å²) in [6, 6.07) is 12.1. The topological polar surface area (TPSA) is 29.5 Å². The molecule has 1 saturated carbocycles. The van der Waals surface area contributed by atoms with Crippen LogP contribution >= 0.6 is 0 Å². The van der Waals surface area contributed by atoms with Gasteiger partial charge in [-0.1, -0.05) is 43.2 Å². The van der Waals surface area contributed by atoms with Crippen LogP contribution in [0.15, 0.2) is 36.4 Å². The van der Waals surface area contributed by atoms with E-state index in [9.17, 15) is 5.11 Å². The molecule has 1 aliphatic carbocycles. The quantitative estimate of drug-likeness (QED) is 0.869. The molecule has 3 rings (SSSR count). The van der Waals surface area contributed by atoms with E-state index in [0.29, 0.717) is 0 Å². The molecule has 94 valence electrons. The van der Waals surface area contributed by atoms with E-state index in [1.54, 1.807) is 0 Å². The Morgan fingerprint density at radius 2 is 1.94 bits per heavy atom. The molecule has 0 aromatic heterocycles. The smallest absolute Gasteiger partial charge is 0.125 e. The largest absolute Gasteiger partial charge is 0.493 e. The van der Waals surface area contributed by atoms with E-state index in [4.69, 9.17) is 4.74 Å². The van der Waals surface area contributed by atoms with Crippen LogP contribution in [0.5, 0.6) is 5.75 Å². The molecule has 0 unspecified atom stereocenters. The number of ether oxygens (including phenoxy) is 1. The minimum atomic E-state index is 0.0279. The fraction of sp³-hybridized carbons (Fsp3) is 0.375. The van der Waals surface area contributed by atoms with Gasteiger partial charge < -0.3 is 9.84 Å². The van der Waals surface area contributed by atoms with Crippen molar-refractivity contribution in [2.24, 2.45) is 5.92 Å². The molecule has 2 aromatic carbocycles. The van der Waals surface area contributed by atoms with Crippen LogP contribution in [-0.2, 0) is 6.61 Å². The molecule has 18 heavy (non-hydrogen) atoms. The molecule has 1 N–H and O–H groups in total. The Bertz CT molecular complexity index is 544. The molecule has 0 heterocycles. The van der Waals surface area contributed by atoms with Crippen LogP contribution in [0.25, 0.3) is 10.8 Å². The second kappa shape index (κ2) is 4.99. The highest BCUT2D eigenvalue weighted by molar-refractivity contribution is 5.87. The molecule has 1 aliphatic rings. The molecule has 2 aromatic rings. The van der Waals surface area contributed by atoms with Crippen molar-refractivity contribution in [2.45, 2.75) is 25.9 Å². The summed E-state index contributed by atoms with van der Waals surface area (Å²) in [4.78, 5) is 0. The van der Waals surface area contributed by atoms with Crippen LogP contribution in [0.3, 0.4) is 0 Å². The van der Waals surface area contributed by atoms with Crippen LogP contribution in [0, 0.1) is 5.92 Å². The van der Waals surface area contributed by atoms with Crippen LogP contribution in [0.4, 0.5) is 0 Å². The number of hydrogen-bond acceptors (Lipinski definition) is 2. The van der Waals surface area contributed by atoms with Crippen molar-refractivity contribution in [1.29, 1.82) is 0 Å². The van der Waals surface area contributed by atoms with E-state index in [1.165, 1.54) is 12.8 Å². The van der Waals surface area contributed by atoms with E-state index in [1.807, 2.05) is 24.3 Å². The van der Waals surface area contributed by atoms with Crippen LogP contribution in [0.1, 0.15) is 24.8 Å². The van der Waals surface area contributed by atoms with Crippen molar-refractivity contribution in [3.8, 4) is 5.75 Å². The summed E-state index contributed by atoms with van der Waals surface area (Å²) >= 11 is 0. The first-order valence-corrected chi connectivity index (χ1v) is 6.63. The first kappa shape index (κ1) is 11.5. The highest BCUT2D eigenvalue weighted by Gasteiger charge is 2.21. The lowest BCUT2D eigenvalue weighted by Crippen LogP contribution is -2.01. The zero-order valence-corrected chi connectivity index (χ0v) is 10.4. The zero-order valence-electron chi connectivity index (χ0n) is 10.4. The van der Waals surface area contributed by atoms with Crippen molar-refractivity contribution in [3.05, 3.63) is 42.0 Å². The summed E-state index contributed by atoms with van der Waals surface area (Å²) in [5.74, 6) is 1.71. The fourth-order valence-electron chi connectivity index (χ4n) is 2.36. The van der Waals surface area contributed by atoms with Crippen LogP contribution < -0.4 is 4.74 Å². The first-order valence-electron chi connectivity index (χ1n) is 6.63. The minimum Gasteiger partial charge on any atom is -0.493 e. The van der Waals surface area contributed by atoms with Crippen LogP contribution in [0.2, 0.25) is 0 Å². The highest BCUT2D eigenvalue weighted by Crippen LogP contribution is 2.33. The summed E-state index contributed by atoms with van der Waals surface area (Å²) in [5.41, 5.74) is 0.906. The number of aliphatic hydroxyl groups excluding tert-OH is 1. The summed E-state index contributed by atoms with van der Waals surface area (Å²) in [7, 11) is 0. The molecule has 0 aliphatic heterocycles. The molecule has 0 amide bonds. The van der Waals surface area contributed by atoms with Gasteiger partial charge in [-0.15, -0.1) is 0 Å². The lowest BCUT2D eigenvalue weighted by Gasteiger charge is -2.12. The molecule has 0 bridgehead atoms. The number of benzene rings is 2. The minimum absolute atomic E-state index is 0.0279. The van der Waals surface area contributed by atoms with Gasteiger partial charge in [0.1, 0.15) is 5.75 Å². The standard InChI is InChI=1S/C16H18O2/c17-11-15-14-4-2-1-3-13(14)7-8-16(15)18-10-9-12-5-6-12/h1-4,7-8,12,17H,5-6,9-11H2. The number of hydrogen-bond donors (Lipinski definition) is 1. The Morgan fingerprint density at radius 1 is 1.11 bits per heavy atom. The maximum atomic E-state index is 9.56. The summed E-state index contributed by atoms with van der Waals surface area (Å²) in [6.45, 7) is 0.788. The highest BCUT2D eigenvalue weighted by atomic mass is 16.5. The molecule has 0 radical (unpaired) electrons. The molecular formula is C16H18O2. The second-order valence-corrected chi connectivity index (χ2v) is 5.00. The third kappa shape index (κ3) is 2.34. The molecule has 0 saturated heterocycles. The molecule has 2 heteroatoms. The van der Waals surface area contributed by atoms with Gasteiger partial charge >= 0.3 is 0 Å². The van der Waals surface area contributed by atoms with Gasteiger partial charge in [-0.05, 0) is 29.2 Å². The van der Waals surface area contributed by atoms with E-state index in [0.717, 1.165) is 41.0 Å². The number of fused-ring (bicyclic) bond motifs is 1. The van der Waals surface area contributed by atoms with Crippen molar-refractivity contribution in [3.63, 3.8) is 0 Å². The Morgan fingerprint density at radius 3 is 2.72 bits per heavy atom. The molecule has 2 nitrogen and oxygen atoms in total. The molecule has 1 fully saturated rings. The van der Waals surface area contributed by atoms with Crippen molar-refractivity contribution >= 4 is 10.8 Å². The van der Waals surface area contributed by atoms with Gasteiger partial charge in [0.2, 0.25) is 0 Å². The number of aliphatic hydroxyl groups is 1. The number of rotatable bonds is 5. The fourth-order valence-corrected chi connectivity index (χ4v) is 2.36. The van der Waals surface area contributed by atoms with E-state index in [-0.39, 0.29) is 6.61 Å². The lowest BCUT2D eigenvalue weighted by molar-refractivity contribution is 0.261. The third-order valence-corrected chi connectivity index (χ3v) is 3.64. The van der Waals surface area contributed by atoms with Crippen molar-refractivity contribution < 1.29 is 9.84 Å². The average Bonchev–Trinajstić information content (AvgIpc) is 3.22. The van der Waals surface area contributed by atoms with E-state index in [2.05, 4.69) is 12.1 Å². The first-order chi connectivity index (χ1) is 8.88. The maximum Gasteiger partial charge on any atom is 0.125 e. The third-order valence-electron chi connectivity index (χ3n) is 3.64. The predicted molar refractivity (Wildman–Crippen MR) is 72.7 cm³/mol. The molecule has 0 atom stereocenters. The average molecular weight is 242 g/mol. The van der Waals surface area contributed by atoms with E-state index < -0.39 is 0 Å². The Balaban J connectivity index is 1.85. The van der Waals surface area contributed by atoms with Gasteiger partial charge in [0.05, 0.1) is 13.2 Å². The van der Waals surface area contributed by atoms with Gasteiger partial charge in [0.15, 0.2) is 0 Å². The maximum absolute atomic E-state index is 9.56. The summed E-state index contributed by atoms with van der Waals surface area (Å²) < 4.78 is 5.83. The van der Waals surface area contributed by atoms with Crippen molar-refractivity contribution in [1.82, 2.24) is 0 Å². The van der Waals surface area contributed by atoms with Gasteiger partial charge in [-0.25, -0.2) is 0 Å². The molecular weight excluding hydrogens is 224 g/mol. The zero-order chi connectivity index (χ0) is 12.4. The van der Waals surface area contributed by atoms with Gasteiger partial charge in [0, 0.05) is 5.56 Å².